The highest BCUT2D eigenvalue weighted by molar-refractivity contribution is 9.10. The third kappa shape index (κ3) is 5.61. The summed E-state index contributed by atoms with van der Waals surface area (Å²) in [7, 11) is 0. The van der Waals surface area contributed by atoms with Gasteiger partial charge in [0, 0.05) is 34.6 Å². The number of nitrogens with one attached hydrogen (secondary N) is 1. The van der Waals surface area contributed by atoms with E-state index in [9.17, 15) is 9.18 Å². The number of carbonyl (C=O) groups is 1. The van der Waals surface area contributed by atoms with Crippen LogP contribution in [-0.4, -0.2) is 41.0 Å². The number of fused-ring (bicyclic) bond motifs is 1. The van der Waals surface area contributed by atoms with E-state index in [1.165, 1.54) is 12.1 Å². The van der Waals surface area contributed by atoms with Crippen molar-refractivity contribution < 1.29 is 13.9 Å². The Bertz CT molecular complexity index is 1220. The summed E-state index contributed by atoms with van der Waals surface area (Å²) < 4.78 is 20.4. The number of nitrogens with zero attached hydrogens (tertiary/aromatic N) is 3. The number of hydrogen-bond acceptors (Lipinski definition) is 5. The van der Waals surface area contributed by atoms with E-state index < -0.39 is 11.7 Å². The highest BCUT2D eigenvalue weighted by Crippen LogP contribution is 2.39. The number of hydrogen-bond donors (Lipinski definition) is 1. The van der Waals surface area contributed by atoms with Crippen molar-refractivity contribution in [2.75, 3.05) is 18.0 Å². The predicted molar refractivity (Wildman–Crippen MR) is 137 cm³/mol. The summed E-state index contributed by atoms with van der Waals surface area (Å²) in [5.74, 6) is -0.319. The maximum Gasteiger partial charge on any atom is 0.407 e. The van der Waals surface area contributed by atoms with Crippen molar-refractivity contribution in [3.8, 4) is 11.3 Å². The minimum absolute atomic E-state index is 0.00760. The Balaban J connectivity index is 1.68. The smallest absolute Gasteiger partial charge is 0.407 e. The van der Waals surface area contributed by atoms with E-state index in [1.54, 1.807) is 6.07 Å². The zero-order valence-corrected chi connectivity index (χ0v) is 21.9. The molecule has 1 aromatic heterocycles. The molecular weight excluding hydrogens is 523 g/mol. The van der Waals surface area contributed by atoms with E-state index >= 15 is 0 Å². The molecular formula is C25H27BrClFN4O2. The molecule has 0 aliphatic carbocycles. The molecule has 0 bridgehead atoms. The van der Waals surface area contributed by atoms with Crippen LogP contribution >= 0.6 is 27.5 Å². The average molecular weight is 550 g/mol. The van der Waals surface area contributed by atoms with Crippen LogP contribution in [0.25, 0.3) is 22.2 Å². The third-order valence-electron chi connectivity index (χ3n) is 5.62. The van der Waals surface area contributed by atoms with Gasteiger partial charge < -0.3 is 15.0 Å². The van der Waals surface area contributed by atoms with Gasteiger partial charge >= 0.3 is 6.09 Å². The van der Waals surface area contributed by atoms with Gasteiger partial charge in [0.1, 0.15) is 17.1 Å². The standard InChI is InChI=1S/C25H27BrClFN4O2/c1-14-9-15(11-16(28)10-14)22-23(18-12-19(26)20(27)13-21(18)30-31-22)32-7-5-17(6-8-32)29-24(33)34-25(2,3)4/h9-13,17H,5-8H2,1-4H3,(H,29,33). The van der Waals surface area contributed by atoms with Crippen LogP contribution in [-0.2, 0) is 4.74 Å². The van der Waals surface area contributed by atoms with E-state index in [4.69, 9.17) is 16.3 Å². The Morgan fingerprint density at radius 3 is 2.53 bits per heavy atom. The third-order valence-corrected chi connectivity index (χ3v) is 6.82. The molecule has 2 heterocycles. The molecule has 1 aliphatic rings. The van der Waals surface area contributed by atoms with Crippen molar-refractivity contribution in [2.45, 2.75) is 52.2 Å². The van der Waals surface area contributed by atoms with Gasteiger partial charge in [-0.3, -0.25) is 0 Å². The van der Waals surface area contributed by atoms with Gasteiger partial charge in [-0.15, -0.1) is 10.2 Å². The van der Waals surface area contributed by atoms with Crippen molar-refractivity contribution in [3.05, 3.63) is 51.2 Å². The molecule has 1 N–H and O–H groups in total. The Labute approximate surface area is 212 Å². The number of rotatable bonds is 3. The van der Waals surface area contributed by atoms with Gasteiger partial charge in [0.2, 0.25) is 0 Å². The molecule has 1 fully saturated rings. The molecule has 6 nitrogen and oxygen atoms in total. The van der Waals surface area contributed by atoms with Gasteiger partial charge in [0.25, 0.3) is 0 Å². The second kappa shape index (κ2) is 9.66. The first kappa shape index (κ1) is 24.7. The van der Waals surface area contributed by atoms with Crippen molar-refractivity contribution in [1.29, 1.82) is 0 Å². The normalized spacial score (nSPS) is 15.0. The second-order valence-electron chi connectivity index (χ2n) is 9.61. The number of halogens is 3. The molecule has 9 heteroatoms. The lowest BCUT2D eigenvalue weighted by molar-refractivity contribution is 0.0497. The van der Waals surface area contributed by atoms with Crippen LogP contribution in [0.1, 0.15) is 39.2 Å². The molecule has 3 aromatic rings. The minimum Gasteiger partial charge on any atom is -0.444 e. The molecule has 0 saturated carbocycles. The van der Waals surface area contributed by atoms with Crippen LogP contribution in [0.5, 0.6) is 0 Å². The highest BCUT2D eigenvalue weighted by Gasteiger charge is 2.27. The molecule has 180 valence electrons. The van der Waals surface area contributed by atoms with Crippen LogP contribution < -0.4 is 10.2 Å². The molecule has 0 radical (unpaired) electrons. The van der Waals surface area contributed by atoms with Crippen molar-refractivity contribution in [1.82, 2.24) is 15.5 Å². The fraction of sp³-hybridized carbons (Fsp3) is 0.400. The first-order valence-electron chi connectivity index (χ1n) is 11.2. The van der Waals surface area contributed by atoms with E-state index in [2.05, 4.69) is 36.3 Å². The monoisotopic (exact) mass is 548 g/mol. The SMILES string of the molecule is Cc1cc(F)cc(-c2nnc3cc(Cl)c(Br)cc3c2N2CCC(NC(=O)OC(C)(C)C)CC2)c1. The summed E-state index contributed by atoms with van der Waals surface area (Å²) >= 11 is 9.83. The number of aromatic nitrogens is 2. The highest BCUT2D eigenvalue weighted by atomic mass is 79.9. The van der Waals surface area contributed by atoms with Gasteiger partial charge in [-0.2, -0.15) is 0 Å². The molecule has 0 atom stereocenters. The van der Waals surface area contributed by atoms with E-state index in [1.807, 2.05) is 39.8 Å². The van der Waals surface area contributed by atoms with Crippen molar-refractivity contribution >= 4 is 50.2 Å². The number of alkyl carbamates (subject to hydrolysis) is 1. The molecule has 34 heavy (non-hydrogen) atoms. The lowest BCUT2D eigenvalue weighted by Gasteiger charge is -2.35. The number of amides is 1. The zero-order valence-electron chi connectivity index (χ0n) is 19.6. The number of anilines is 1. The Hall–Kier alpha value is -2.45. The van der Waals surface area contributed by atoms with Crippen molar-refractivity contribution in [2.24, 2.45) is 0 Å². The van der Waals surface area contributed by atoms with Gasteiger partial charge in [-0.05, 0) is 92.4 Å². The number of ether oxygens (including phenoxy) is 1. The minimum atomic E-state index is -0.543. The molecule has 0 spiro atoms. The van der Waals surface area contributed by atoms with E-state index in [-0.39, 0.29) is 11.9 Å². The summed E-state index contributed by atoms with van der Waals surface area (Å²) in [5.41, 5.74) is 3.08. The Morgan fingerprint density at radius 2 is 1.88 bits per heavy atom. The van der Waals surface area contributed by atoms with Gasteiger partial charge in [-0.25, -0.2) is 9.18 Å². The van der Waals surface area contributed by atoms with Crippen LogP contribution in [0.2, 0.25) is 5.02 Å². The summed E-state index contributed by atoms with van der Waals surface area (Å²) in [6.07, 6.45) is 1.07. The molecule has 0 unspecified atom stereocenters. The maximum atomic E-state index is 14.3. The molecule has 4 rings (SSSR count). The van der Waals surface area contributed by atoms with E-state index in [0.29, 0.717) is 34.9 Å². The Kier molecular flexibility index (Phi) is 7.01. The molecule has 1 amide bonds. The fourth-order valence-corrected chi connectivity index (χ4v) is 4.70. The zero-order chi connectivity index (χ0) is 24.6. The quantitative estimate of drug-likeness (QED) is 0.396. The largest absolute Gasteiger partial charge is 0.444 e. The number of benzene rings is 2. The van der Waals surface area contributed by atoms with Crippen molar-refractivity contribution in [3.63, 3.8) is 0 Å². The van der Waals surface area contributed by atoms with Crippen LogP contribution in [0.4, 0.5) is 14.9 Å². The first-order valence-corrected chi connectivity index (χ1v) is 12.3. The number of aryl methyl sites for hydroxylation is 1. The van der Waals surface area contributed by atoms with Gasteiger partial charge in [0.05, 0.1) is 16.2 Å². The van der Waals surface area contributed by atoms with E-state index in [0.717, 1.165) is 34.0 Å². The van der Waals surface area contributed by atoms with Crippen LogP contribution in [0.3, 0.4) is 0 Å². The summed E-state index contributed by atoms with van der Waals surface area (Å²) in [4.78, 5) is 14.4. The van der Waals surface area contributed by atoms with Gasteiger partial charge in [0.15, 0.2) is 0 Å². The van der Waals surface area contributed by atoms with Crippen LogP contribution in [0.15, 0.2) is 34.8 Å². The van der Waals surface area contributed by atoms with Crippen LogP contribution in [0, 0.1) is 12.7 Å². The maximum absolute atomic E-state index is 14.3. The topological polar surface area (TPSA) is 67.4 Å². The lowest BCUT2D eigenvalue weighted by Crippen LogP contribution is -2.46. The average Bonchev–Trinajstić information content (AvgIpc) is 2.72. The summed E-state index contributed by atoms with van der Waals surface area (Å²) in [5, 5.41) is 13.3. The number of carbonyl (C=O) groups excluding carboxylic acids is 1. The second-order valence-corrected chi connectivity index (χ2v) is 10.9. The Morgan fingerprint density at radius 1 is 1.18 bits per heavy atom. The number of piperidine rings is 1. The predicted octanol–water partition coefficient (Wildman–Crippen LogP) is 6.65. The molecule has 1 saturated heterocycles. The first-order chi connectivity index (χ1) is 16.0. The summed E-state index contributed by atoms with van der Waals surface area (Å²) in [6.45, 7) is 8.75. The lowest BCUT2D eigenvalue weighted by atomic mass is 10.00. The molecule has 1 aliphatic heterocycles. The fourth-order valence-electron chi connectivity index (χ4n) is 4.20. The summed E-state index contributed by atoms with van der Waals surface area (Å²) in [6, 6.07) is 8.59. The molecule has 2 aromatic carbocycles. The van der Waals surface area contributed by atoms with Gasteiger partial charge in [-0.1, -0.05) is 11.6 Å².